The molecule has 0 radical (unpaired) electrons. The molecule has 1 aliphatic heterocycles. The quantitative estimate of drug-likeness (QED) is 0.850. The summed E-state index contributed by atoms with van der Waals surface area (Å²) >= 11 is 0. The van der Waals surface area contributed by atoms with Crippen LogP contribution in [0.2, 0.25) is 0 Å². The highest BCUT2D eigenvalue weighted by Crippen LogP contribution is 2.23. The Morgan fingerprint density at radius 2 is 1.94 bits per heavy atom. The monoisotopic (exact) mass is 249 g/mol. The van der Waals surface area contributed by atoms with Gasteiger partial charge in [-0.05, 0) is 25.9 Å². The second-order valence-electron chi connectivity index (χ2n) is 4.14. The number of nitrogens with one attached hydrogen (secondary N) is 2. The minimum atomic E-state index is -3.12. The van der Waals surface area contributed by atoms with E-state index in [4.69, 9.17) is 0 Å². The van der Waals surface area contributed by atoms with E-state index in [1.807, 2.05) is 0 Å². The highest BCUT2D eigenvalue weighted by atomic mass is 19.3. The number of aromatic nitrogens is 2. The Kier molecular flexibility index (Phi) is 3.56. The first-order chi connectivity index (χ1) is 8.09. The normalized spacial score (nSPS) is 19.8. The largest absolute Gasteiger partial charge is 0.317 e. The maximum atomic E-state index is 13.1. The van der Waals surface area contributed by atoms with E-state index in [9.17, 15) is 18.0 Å². The number of alkyl halides is 3. The number of hydrogen-bond acceptors (Lipinski definition) is 2. The van der Waals surface area contributed by atoms with Crippen LogP contribution in [0, 0.1) is 0 Å². The molecule has 96 valence electrons. The second-order valence-corrected chi connectivity index (χ2v) is 4.14. The van der Waals surface area contributed by atoms with E-state index < -0.39 is 18.2 Å². The molecule has 2 N–H and O–H groups in total. The number of H-pyrrole nitrogens is 1. The summed E-state index contributed by atoms with van der Waals surface area (Å²) in [5.74, 6) is 0. The van der Waals surface area contributed by atoms with Gasteiger partial charge in [-0.15, -0.1) is 0 Å². The Balaban J connectivity index is 2.21. The van der Waals surface area contributed by atoms with Gasteiger partial charge in [0.05, 0.1) is 11.7 Å². The minimum absolute atomic E-state index is 0.0672. The lowest BCUT2D eigenvalue weighted by Gasteiger charge is -2.23. The average molecular weight is 249 g/mol. The van der Waals surface area contributed by atoms with Crippen molar-refractivity contribution in [3.05, 3.63) is 22.1 Å². The summed E-state index contributed by atoms with van der Waals surface area (Å²) < 4.78 is 38.7. The van der Waals surface area contributed by atoms with Crippen molar-refractivity contribution >= 4 is 0 Å². The van der Waals surface area contributed by atoms with Gasteiger partial charge in [0.2, 0.25) is 6.17 Å². The molecule has 0 spiro atoms. The van der Waals surface area contributed by atoms with E-state index in [0.29, 0.717) is 0 Å². The molecule has 1 aliphatic rings. The van der Waals surface area contributed by atoms with Gasteiger partial charge in [-0.1, -0.05) is 0 Å². The molecule has 0 bridgehead atoms. The number of aromatic amines is 1. The third kappa shape index (κ3) is 2.54. The van der Waals surface area contributed by atoms with Crippen molar-refractivity contribution in [3.8, 4) is 0 Å². The van der Waals surface area contributed by atoms with Crippen LogP contribution in [0.4, 0.5) is 13.2 Å². The van der Waals surface area contributed by atoms with Crippen LogP contribution in [0.1, 0.15) is 30.7 Å². The van der Waals surface area contributed by atoms with Gasteiger partial charge in [-0.3, -0.25) is 9.89 Å². The molecule has 1 atom stereocenters. The van der Waals surface area contributed by atoms with Crippen LogP contribution in [0.3, 0.4) is 0 Å². The van der Waals surface area contributed by atoms with Gasteiger partial charge in [0.1, 0.15) is 0 Å². The molecule has 4 nitrogen and oxygen atoms in total. The summed E-state index contributed by atoms with van der Waals surface area (Å²) in [7, 11) is 0. The summed E-state index contributed by atoms with van der Waals surface area (Å²) in [4.78, 5) is 11.6. The smallest absolute Gasteiger partial charge is 0.275 e. The first kappa shape index (κ1) is 12.2. The lowest BCUT2D eigenvalue weighted by atomic mass is 10.1. The topological polar surface area (TPSA) is 49.8 Å². The number of piperidine rings is 1. The Morgan fingerprint density at radius 1 is 1.29 bits per heavy atom. The number of halogens is 3. The molecule has 2 heterocycles. The average Bonchev–Trinajstić information content (AvgIpc) is 2.71. The SMILES string of the molecule is O=c1cc(C(F)C(F)F)[nH]n1C1CCNCC1. The fraction of sp³-hybridized carbons (Fsp3) is 0.700. The standard InChI is InChI=1S/C10H14F3N3O/c11-9(10(12)13)7-5-8(17)16(15-7)6-1-3-14-4-2-6/h5-6,9-10,14-15H,1-4H2. The predicted molar refractivity (Wildman–Crippen MR) is 56.0 cm³/mol. The lowest BCUT2D eigenvalue weighted by Crippen LogP contribution is -2.33. The van der Waals surface area contributed by atoms with E-state index in [-0.39, 0.29) is 11.7 Å². The molecule has 1 unspecified atom stereocenters. The van der Waals surface area contributed by atoms with Crippen LogP contribution in [0.25, 0.3) is 0 Å². The van der Waals surface area contributed by atoms with Gasteiger partial charge in [0.25, 0.3) is 12.0 Å². The van der Waals surface area contributed by atoms with E-state index >= 15 is 0 Å². The van der Waals surface area contributed by atoms with Crippen molar-refractivity contribution in [2.75, 3.05) is 13.1 Å². The van der Waals surface area contributed by atoms with Crippen LogP contribution in [-0.2, 0) is 0 Å². The van der Waals surface area contributed by atoms with Crippen LogP contribution in [0.15, 0.2) is 10.9 Å². The fourth-order valence-electron chi connectivity index (χ4n) is 2.04. The predicted octanol–water partition coefficient (Wildman–Crippen LogP) is 1.38. The van der Waals surface area contributed by atoms with Crippen molar-refractivity contribution in [1.29, 1.82) is 0 Å². The number of hydrogen-bond donors (Lipinski definition) is 2. The van der Waals surface area contributed by atoms with Gasteiger partial charge < -0.3 is 5.32 Å². The summed E-state index contributed by atoms with van der Waals surface area (Å²) in [5, 5.41) is 5.58. The molecule has 0 aliphatic carbocycles. The third-order valence-corrected chi connectivity index (χ3v) is 2.96. The molecule has 17 heavy (non-hydrogen) atoms. The Morgan fingerprint density at radius 3 is 2.53 bits per heavy atom. The second kappa shape index (κ2) is 4.95. The van der Waals surface area contributed by atoms with Crippen LogP contribution in [0.5, 0.6) is 0 Å². The molecule has 7 heteroatoms. The van der Waals surface area contributed by atoms with Crippen molar-refractivity contribution in [3.63, 3.8) is 0 Å². The van der Waals surface area contributed by atoms with Crippen molar-refractivity contribution in [2.24, 2.45) is 0 Å². The minimum Gasteiger partial charge on any atom is -0.317 e. The number of nitrogens with zero attached hydrogens (tertiary/aromatic N) is 1. The highest BCUT2D eigenvalue weighted by molar-refractivity contribution is 5.05. The summed E-state index contributed by atoms with van der Waals surface area (Å²) in [5.41, 5.74) is -0.793. The molecule has 1 aromatic rings. The maximum Gasteiger partial charge on any atom is 0.275 e. The first-order valence-electron chi connectivity index (χ1n) is 5.54. The van der Waals surface area contributed by atoms with E-state index in [0.717, 1.165) is 32.0 Å². The van der Waals surface area contributed by atoms with E-state index in [1.54, 1.807) is 0 Å². The summed E-state index contributed by atoms with van der Waals surface area (Å²) in [6, 6.07) is 0.848. The number of rotatable bonds is 3. The van der Waals surface area contributed by atoms with Gasteiger partial charge in [0, 0.05) is 6.07 Å². The Hall–Kier alpha value is -1.24. The highest BCUT2D eigenvalue weighted by Gasteiger charge is 2.26. The molecule has 1 saturated heterocycles. The van der Waals surface area contributed by atoms with Crippen LogP contribution in [-0.4, -0.2) is 29.3 Å². The molecule has 2 rings (SSSR count). The molecule has 0 aromatic carbocycles. The zero-order chi connectivity index (χ0) is 12.4. The van der Waals surface area contributed by atoms with Crippen molar-refractivity contribution in [1.82, 2.24) is 15.1 Å². The Bertz CT molecular complexity index is 423. The van der Waals surface area contributed by atoms with Crippen molar-refractivity contribution < 1.29 is 13.2 Å². The van der Waals surface area contributed by atoms with Gasteiger partial charge >= 0.3 is 0 Å². The van der Waals surface area contributed by atoms with Crippen molar-refractivity contribution in [2.45, 2.75) is 31.5 Å². The van der Waals surface area contributed by atoms with Crippen LogP contribution >= 0.6 is 0 Å². The van der Waals surface area contributed by atoms with E-state index in [2.05, 4.69) is 10.4 Å². The lowest BCUT2D eigenvalue weighted by molar-refractivity contribution is 0.0467. The molecule has 0 amide bonds. The zero-order valence-corrected chi connectivity index (χ0v) is 9.13. The van der Waals surface area contributed by atoms with Gasteiger partial charge in [0.15, 0.2) is 0 Å². The van der Waals surface area contributed by atoms with Gasteiger partial charge in [-0.25, -0.2) is 17.9 Å². The maximum absolute atomic E-state index is 13.1. The summed E-state index contributed by atoms with van der Waals surface area (Å²) in [6.45, 7) is 1.53. The Labute approximate surface area is 95.8 Å². The molecule has 1 aromatic heterocycles. The fourth-order valence-corrected chi connectivity index (χ4v) is 2.04. The molecule has 0 saturated carbocycles. The molecular formula is C10H14F3N3O. The zero-order valence-electron chi connectivity index (χ0n) is 9.13. The molecule has 1 fully saturated rings. The molecular weight excluding hydrogens is 235 g/mol. The summed E-state index contributed by atoms with van der Waals surface area (Å²) in [6.07, 6.45) is -4.09. The van der Waals surface area contributed by atoms with Crippen LogP contribution < -0.4 is 10.9 Å². The van der Waals surface area contributed by atoms with Gasteiger partial charge in [-0.2, -0.15) is 0 Å². The third-order valence-electron chi connectivity index (χ3n) is 2.96. The first-order valence-corrected chi connectivity index (χ1v) is 5.54. The van der Waals surface area contributed by atoms with E-state index in [1.165, 1.54) is 4.68 Å².